The summed E-state index contributed by atoms with van der Waals surface area (Å²) < 4.78 is 32.6. The number of benzene rings is 1. The predicted octanol–water partition coefficient (Wildman–Crippen LogP) is 1.28. The lowest BCUT2D eigenvalue weighted by molar-refractivity contribution is -0.144. The van der Waals surface area contributed by atoms with Crippen LogP contribution < -0.4 is 5.73 Å². The highest BCUT2D eigenvalue weighted by atomic mass is 32.2. The van der Waals surface area contributed by atoms with Crippen molar-refractivity contribution in [3.8, 4) is 0 Å². The Morgan fingerprint density at radius 3 is 2.40 bits per heavy atom. The second-order valence-electron chi connectivity index (χ2n) is 6.61. The summed E-state index contributed by atoms with van der Waals surface area (Å²) in [5.74, 6) is -0.964. The maximum atomic E-state index is 13.2. The molecule has 25 heavy (non-hydrogen) atoms. The van der Waals surface area contributed by atoms with Crippen LogP contribution in [0.5, 0.6) is 0 Å². The molecule has 1 saturated carbocycles. The molecule has 2 N–H and O–H groups in total. The van der Waals surface area contributed by atoms with Gasteiger partial charge in [0.15, 0.2) is 0 Å². The molecule has 0 radical (unpaired) electrons. The first kappa shape index (κ1) is 17.9. The Hall–Kier alpha value is -1.93. The summed E-state index contributed by atoms with van der Waals surface area (Å²) in [6, 6.07) is 4.52. The highest BCUT2D eigenvalue weighted by Gasteiger charge is 2.51. The molecule has 1 heterocycles. The summed E-state index contributed by atoms with van der Waals surface area (Å²) in [6.07, 6.45) is 4.16. The van der Waals surface area contributed by atoms with Gasteiger partial charge in [0, 0.05) is 11.6 Å². The molecule has 7 nitrogen and oxygen atoms in total. The zero-order valence-corrected chi connectivity index (χ0v) is 14.9. The third kappa shape index (κ3) is 3.16. The number of hydrogen-bond donors (Lipinski definition) is 1. The van der Waals surface area contributed by atoms with Crippen molar-refractivity contribution in [1.82, 2.24) is 4.31 Å². The van der Waals surface area contributed by atoms with E-state index in [0.29, 0.717) is 6.42 Å². The van der Waals surface area contributed by atoms with Gasteiger partial charge in [0.1, 0.15) is 6.04 Å². The van der Waals surface area contributed by atoms with Crippen molar-refractivity contribution in [2.75, 3.05) is 7.11 Å². The van der Waals surface area contributed by atoms with Gasteiger partial charge in [-0.1, -0.05) is 12.8 Å². The minimum Gasteiger partial charge on any atom is -0.468 e. The van der Waals surface area contributed by atoms with Crippen molar-refractivity contribution in [2.24, 2.45) is 11.7 Å². The highest BCUT2D eigenvalue weighted by molar-refractivity contribution is 7.89. The topological polar surface area (TPSA) is 107 Å². The van der Waals surface area contributed by atoms with E-state index < -0.39 is 27.9 Å². The number of sulfonamides is 1. The second-order valence-corrected chi connectivity index (χ2v) is 8.45. The number of carbonyl (C=O) groups is 2. The van der Waals surface area contributed by atoms with Crippen molar-refractivity contribution in [3.05, 3.63) is 29.8 Å². The number of nitrogens with zero attached hydrogens (tertiary/aromatic N) is 1. The molecule has 0 bridgehead atoms. The average Bonchev–Trinajstić information content (AvgIpc) is 3.01. The average molecular weight is 366 g/mol. The monoisotopic (exact) mass is 366 g/mol. The van der Waals surface area contributed by atoms with Gasteiger partial charge in [0.25, 0.3) is 0 Å². The summed E-state index contributed by atoms with van der Waals surface area (Å²) in [5.41, 5.74) is 5.44. The van der Waals surface area contributed by atoms with E-state index in [1.54, 1.807) is 0 Å². The van der Waals surface area contributed by atoms with Crippen LogP contribution in [0.4, 0.5) is 0 Å². The third-order valence-corrected chi connectivity index (χ3v) is 7.16. The molecule has 1 saturated heterocycles. The minimum absolute atomic E-state index is 0.0534. The molecule has 136 valence electrons. The summed E-state index contributed by atoms with van der Waals surface area (Å²) >= 11 is 0. The fourth-order valence-corrected chi connectivity index (χ4v) is 5.88. The second kappa shape index (κ2) is 6.76. The van der Waals surface area contributed by atoms with E-state index in [2.05, 4.69) is 0 Å². The van der Waals surface area contributed by atoms with Gasteiger partial charge in [0.05, 0.1) is 12.0 Å². The summed E-state index contributed by atoms with van der Waals surface area (Å²) in [7, 11) is -2.60. The lowest BCUT2D eigenvalue weighted by atomic mass is 9.85. The van der Waals surface area contributed by atoms with Gasteiger partial charge < -0.3 is 10.5 Å². The number of esters is 1. The van der Waals surface area contributed by atoms with E-state index in [-0.39, 0.29) is 22.4 Å². The van der Waals surface area contributed by atoms with E-state index in [4.69, 9.17) is 10.5 Å². The van der Waals surface area contributed by atoms with Gasteiger partial charge in [-0.3, -0.25) is 9.59 Å². The highest BCUT2D eigenvalue weighted by Crippen LogP contribution is 2.43. The van der Waals surface area contributed by atoms with Crippen LogP contribution >= 0.6 is 0 Å². The van der Waals surface area contributed by atoms with Gasteiger partial charge in [-0.15, -0.1) is 0 Å². The lowest BCUT2D eigenvalue weighted by Gasteiger charge is -2.32. The van der Waals surface area contributed by atoms with E-state index in [0.717, 1.165) is 25.7 Å². The number of hydrogen-bond acceptors (Lipinski definition) is 5. The summed E-state index contributed by atoms with van der Waals surface area (Å²) in [6.45, 7) is 0. The van der Waals surface area contributed by atoms with Gasteiger partial charge in [0.2, 0.25) is 15.9 Å². The molecule has 3 rings (SSSR count). The normalized spacial score (nSPS) is 26.8. The number of amides is 1. The van der Waals surface area contributed by atoms with E-state index in [9.17, 15) is 18.0 Å². The quantitative estimate of drug-likeness (QED) is 0.808. The van der Waals surface area contributed by atoms with Crippen LogP contribution in [-0.4, -0.2) is 43.8 Å². The SMILES string of the molecule is COC(=O)[C@@H]1C[C@@H]2CCCC[C@@H]2N1S(=O)(=O)c1ccc(C(N)=O)cc1. The Kier molecular flexibility index (Phi) is 4.83. The largest absolute Gasteiger partial charge is 0.468 e. The fraction of sp³-hybridized carbons (Fsp3) is 0.529. The van der Waals surface area contributed by atoms with Crippen LogP contribution in [0.3, 0.4) is 0 Å². The van der Waals surface area contributed by atoms with Crippen LogP contribution in [0.15, 0.2) is 29.2 Å². The number of nitrogens with two attached hydrogens (primary N) is 1. The number of primary amides is 1. The molecular formula is C17H22N2O5S. The first-order valence-corrected chi connectivity index (χ1v) is 9.81. The number of carbonyl (C=O) groups excluding carboxylic acids is 2. The van der Waals surface area contributed by atoms with Crippen molar-refractivity contribution in [2.45, 2.75) is 49.1 Å². The van der Waals surface area contributed by atoms with Crippen molar-refractivity contribution in [1.29, 1.82) is 0 Å². The molecule has 1 aromatic carbocycles. The Bertz CT molecular complexity index is 775. The van der Waals surface area contributed by atoms with E-state index in [1.807, 2.05) is 0 Å². The Balaban J connectivity index is 1.99. The number of ether oxygens (including phenoxy) is 1. The van der Waals surface area contributed by atoms with Crippen LogP contribution in [0.1, 0.15) is 42.5 Å². The molecule has 1 aliphatic carbocycles. The van der Waals surface area contributed by atoms with Crippen LogP contribution in [-0.2, 0) is 19.6 Å². The molecule has 1 aromatic rings. The zero-order chi connectivity index (χ0) is 18.2. The van der Waals surface area contributed by atoms with Gasteiger partial charge in [-0.25, -0.2) is 8.42 Å². The fourth-order valence-electron chi connectivity index (χ4n) is 4.01. The zero-order valence-electron chi connectivity index (χ0n) is 14.1. The van der Waals surface area contributed by atoms with Gasteiger partial charge >= 0.3 is 5.97 Å². The Morgan fingerprint density at radius 1 is 1.16 bits per heavy atom. The summed E-state index contributed by atoms with van der Waals surface area (Å²) in [5, 5.41) is 0. The molecule has 0 aromatic heterocycles. The molecule has 1 amide bonds. The molecule has 2 fully saturated rings. The minimum atomic E-state index is -3.88. The number of rotatable bonds is 4. The molecule has 1 aliphatic heterocycles. The molecule has 0 spiro atoms. The maximum absolute atomic E-state index is 13.2. The Morgan fingerprint density at radius 2 is 1.80 bits per heavy atom. The predicted molar refractivity (Wildman–Crippen MR) is 90.2 cm³/mol. The molecule has 8 heteroatoms. The summed E-state index contributed by atoms with van der Waals surface area (Å²) in [4.78, 5) is 23.4. The number of methoxy groups -OCH3 is 1. The van der Waals surface area contributed by atoms with Crippen LogP contribution in [0, 0.1) is 5.92 Å². The van der Waals surface area contributed by atoms with E-state index >= 15 is 0 Å². The van der Waals surface area contributed by atoms with Crippen LogP contribution in [0.2, 0.25) is 0 Å². The lowest BCUT2D eigenvalue weighted by Crippen LogP contribution is -2.46. The van der Waals surface area contributed by atoms with E-state index in [1.165, 1.54) is 35.7 Å². The standard InChI is InChI=1S/C17H22N2O5S/c1-24-17(21)15-10-12-4-2-3-5-14(12)19(15)25(22,23)13-8-6-11(7-9-13)16(18)20/h6-9,12,14-15H,2-5,10H2,1H3,(H2,18,20)/t12-,14-,15-/m0/s1. The van der Waals surface area contributed by atoms with Gasteiger partial charge in [-0.05, 0) is 49.4 Å². The van der Waals surface area contributed by atoms with Gasteiger partial charge in [-0.2, -0.15) is 4.31 Å². The molecular weight excluding hydrogens is 344 g/mol. The maximum Gasteiger partial charge on any atom is 0.324 e. The molecule has 2 aliphatic rings. The molecule has 3 atom stereocenters. The van der Waals surface area contributed by atoms with Crippen molar-refractivity contribution < 1.29 is 22.7 Å². The molecule has 0 unspecified atom stereocenters. The van der Waals surface area contributed by atoms with Crippen LogP contribution in [0.25, 0.3) is 0 Å². The number of fused-ring (bicyclic) bond motifs is 1. The Labute approximate surface area is 147 Å². The smallest absolute Gasteiger partial charge is 0.324 e. The van der Waals surface area contributed by atoms with Crippen molar-refractivity contribution >= 4 is 21.9 Å². The third-order valence-electron chi connectivity index (χ3n) is 5.22. The first-order chi connectivity index (χ1) is 11.9. The van der Waals surface area contributed by atoms with Crippen molar-refractivity contribution in [3.63, 3.8) is 0 Å². The first-order valence-electron chi connectivity index (χ1n) is 8.37.